The van der Waals surface area contributed by atoms with Crippen LogP contribution in [0.1, 0.15) is 45.4 Å². The van der Waals surface area contributed by atoms with Gasteiger partial charge in [0.25, 0.3) is 5.91 Å². The fraction of sp³-hybridized carbons (Fsp3) is 0.522. The third-order valence-corrected chi connectivity index (χ3v) is 6.82. The highest BCUT2D eigenvalue weighted by Gasteiger charge is 2.18. The second-order valence-corrected chi connectivity index (χ2v) is 8.71. The molecule has 1 aliphatic heterocycles. The first kappa shape index (κ1) is 21.8. The first-order chi connectivity index (χ1) is 14.1. The highest BCUT2D eigenvalue weighted by Crippen LogP contribution is 2.22. The molecule has 2 heterocycles. The smallest absolute Gasteiger partial charge is 0.261 e. The Balaban J connectivity index is 1.45. The summed E-state index contributed by atoms with van der Waals surface area (Å²) in [6, 6.07) is 10.5. The molecule has 1 fully saturated rings. The lowest BCUT2D eigenvalue weighted by atomic mass is 10.1. The van der Waals surface area contributed by atoms with Crippen LogP contribution in [0.15, 0.2) is 30.3 Å². The Hall–Kier alpha value is -1.89. The highest BCUT2D eigenvalue weighted by atomic mass is 32.1. The lowest BCUT2D eigenvalue weighted by Gasteiger charge is -2.31. The Morgan fingerprint density at radius 2 is 2.10 bits per heavy atom. The van der Waals surface area contributed by atoms with Crippen LogP contribution >= 0.6 is 11.3 Å². The van der Waals surface area contributed by atoms with E-state index in [1.54, 1.807) is 11.3 Å². The Bertz CT molecular complexity index is 799. The van der Waals surface area contributed by atoms with Crippen LogP contribution in [0.5, 0.6) is 5.75 Å². The van der Waals surface area contributed by atoms with E-state index in [0.29, 0.717) is 19.2 Å². The number of hydrogen-bond donors (Lipinski definition) is 1. The summed E-state index contributed by atoms with van der Waals surface area (Å²) in [6.07, 6.45) is 3.15. The quantitative estimate of drug-likeness (QED) is 0.670. The monoisotopic (exact) mass is 416 g/mol. The molecular weight excluding hydrogens is 384 g/mol. The van der Waals surface area contributed by atoms with Gasteiger partial charge in [0.05, 0.1) is 4.88 Å². The molecular formula is C23H32N2O3S. The minimum atomic E-state index is -0.0118. The van der Waals surface area contributed by atoms with Crippen LogP contribution in [-0.4, -0.2) is 50.3 Å². The molecule has 1 saturated heterocycles. The number of carbonyl (C=O) groups excluding carboxylic acids is 1. The molecule has 1 aromatic heterocycles. The second kappa shape index (κ2) is 10.8. The maximum Gasteiger partial charge on any atom is 0.261 e. The van der Waals surface area contributed by atoms with Gasteiger partial charge in [-0.05, 0) is 62.6 Å². The van der Waals surface area contributed by atoms with Crippen molar-refractivity contribution in [2.45, 2.75) is 45.7 Å². The molecule has 2 aromatic rings. The summed E-state index contributed by atoms with van der Waals surface area (Å²) in [5.41, 5.74) is 2.24. The van der Waals surface area contributed by atoms with Crippen molar-refractivity contribution in [3.63, 3.8) is 0 Å². The number of amides is 1. The van der Waals surface area contributed by atoms with Crippen molar-refractivity contribution in [3.8, 4) is 5.75 Å². The summed E-state index contributed by atoms with van der Waals surface area (Å²) in [6.45, 7) is 7.93. The SMILES string of the molecule is CCc1sc(C(=O)NCc2cccc(OCCN(C)C3CCOCC3)c2)cc1C. The van der Waals surface area contributed by atoms with Crippen molar-refractivity contribution in [2.24, 2.45) is 0 Å². The standard InChI is InChI=1S/C23H32N2O3S/c1-4-21-17(2)14-22(29-21)23(26)24-16-18-6-5-7-20(15-18)28-13-10-25(3)19-8-11-27-12-9-19/h5-7,14-15,19H,4,8-13,16H2,1-3H3,(H,24,26). The lowest BCUT2D eigenvalue weighted by Crippen LogP contribution is -2.38. The van der Waals surface area contributed by atoms with E-state index in [4.69, 9.17) is 9.47 Å². The van der Waals surface area contributed by atoms with Gasteiger partial charge in [-0.3, -0.25) is 9.69 Å². The minimum absolute atomic E-state index is 0.0118. The van der Waals surface area contributed by atoms with Gasteiger partial charge in [0.15, 0.2) is 0 Å². The molecule has 1 aliphatic rings. The van der Waals surface area contributed by atoms with Crippen LogP contribution in [0.4, 0.5) is 0 Å². The average Bonchev–Trinajstić information content (AvgIpc) is 3.13. The van der Waals surface area contributed by atoms with Gasteiger partial charge in [0, 0.05) is 37.2 Å². The lowest BCUT2D eigenvalue weighted by molar-refractivity contribution is 0.0392. The highest BCUT2D eigenvalue weighted by molar-refractivity contribution is 7.14. The van der Waals surface area contributed by atoms with E-state index < -0.39 is 0 Å². The molecule has 5 nitrogen and oxygen atoms in total. The Morgan fingerprint density at radius 3 is 2.83 bits per heavy atom. The van der Waals surface area contributed by atoms with E-state index in [1.165, 1.54) is 10.4 Å². The maximum absolute atomic E-state index is 12.4. The molecule has 158 valence electrons. The van der Waals surface area contributed by atoms with Crippen molar-refractivity contribution in [3.05, 3.63) is 51.2 Å². The van der Waals surface area contributed by atoms with Gasteiger partial charge in [0.1, 0.15) is 12.4 Å². The van der Waals surface area contributed by atoms with E-state index in [-0.39, 0.29) is 5.91 Å². The normalized spacial score (nSPS) is 14.9. The molecule has 6 heteroatoms. The fourth-order valence-corrected chi connectivity index (χ4v) is 4.64. The molecule has 0 atom stereocenters. The van der Waals surface area contributed by atoms with Gasteiger partial charge in [-0.1, -0.05) is 19.1 Å². The second-order valence-electron chi connectivity index (χ2n) is 7.57. The number of thiophene rings is 1. The molecule has 29 heavy (non-hydrogen) atoms. The van der Waals surface area contributed by atoms with Gasteiger partial charge in [-0.25, -0.2) is 0 Å². The average molecular weight is 417 g/mol. The Labute approximate surface area is 178 Å². The van der Waals surface area contributed by atoms with Gasteiger partial charge < -0.3 is 14.8 Å². The van der Waals surface area contributed by atoms with E-state index >= 15 is 0 Å². The molecule has 0 spiro atoms. The van der Waals surface area contributed by atoms with Crippen LogP contribution in [-0.2, 0) is 17.7 Å². The fourth-order valence-electron chi connectivity index (χ4n) is 3.61. The number of benzene rings is 1. The zero-order valence-electron chi connectivity index (χ0n) is 17.7. The molecule has 0 saturated carbocycles. The third-order valence-electron chi connectivity index (χ3n) is 5.44. The van der Waals surface area contributed by atoms with Gasteiger partial charge in [0.2, 0.25) is 0 Å². The van der Waals surface area contributed by atoms with Gasteiger partial charge >= 0.3 is 0 Å². The first-order valence-corrected chi connectivity index (χ1v) is 11.3. The van der Waals surface area contributed by atoms with E-state index in [9.17, 15) is 4.79 Å². The predicted molar refractivity (Wildman–Crippen MR) is 118 cm³/mol. The van der Waals surface area contributed by atoms with Crippen LogP contribution in [0, 0.1) is 6.92 Å². The van der Waals surface area contributed by atoms with Gasteiger partial charge in [-0.15, -0.1) is 11.3 Å². The zero-order chi connectivity index (χ0) is 20.6. The van der Waals surface area contributed by atoms with E-state index in [1.807, 2.05) is 30.3 Å². The number of nitrogens with one attached hydrogen (secondary N) is 1. The number of aryl methyl sites for hydroxylation is 2. The summed E-state index contributed by atoms with van der Waals surface area (Å²) < 4.78 is 11.4. The molecule has 1 aromatic carbocycles. The van der Waals surface area contributed by atoms with Gasteiger partial charge in [-0.2, -0.15) is 0 Å². The van der Waals surface area contributed by atoms with Crippen LogP contribution in [0.25, 0.3) is 0 Å². The van der Waals surface area contributed by atoms with Crippen molar-refractivity contribution < 1.29 is 14.3 Å². The van der Waals surface area contributed by atoms with Crippen LogP contribution in [0.3, 0.4) is 0 Å². The van der Waals surface area contributed by atoms with Crippen LogP contribution < -0.4 is 10.1 Å². The Morgan fingerprint density at radius 1 is 1.31 bits per heavy atom. The summed E-state index contributed by atoms with van der Waals surface area (Å²) >= 11 is 1.58. The molecule has 1 amide bonds. The molecule has 3 rings (SSSR count). The molecule has 0 bridgehead atoms. The summed E-state index contributed by atoms with van der Waals surface area (Å²) in [5, 5.41) is 3.02. The number of rotatable bonds is 9. The maximum atomic E-state index is 12.4. The minimum Gasteiger partial charge on any atom is -0.492 e. The molecule has 0 unspecified atom stereocenters. The molecule has 0 radical (unpaired) electrons. The number of ether oxygens (including phenoxy) is 2. The summed E-state index contributed by atoms with van der Waals surface area (Å²) in [5.74, 6) is 0.833. The third kappa shape index (κ3) is 6.29. The van der Waals surface area contributed by atoms with Crippen LogP contribution in [0.2, 0.25) is 0 Å². The van der Waals surface area contributed by atoms with E-state index in [0.717, 1.165) is 55.2 Å². The molecule has 0 aliphatic carbocycles. The summed E-state index contributed by atoms with van der Waals surface area (Å²) in [4.78, 5) is 16.9. The first-order valence-electron chi connectivity index (χ1n) is 10.4. The predicted octanol–water partition coefficient (Wildman–Crippen LogP) is 4.04. The summed E-state index contributed by atoms with van der Waals surface area (Å²) in [7, 11) is 2.15. The van der Waals surface area contributed by atoms with E-state index in [2.05, 4.69) is 31.1 Å². The van der Waals surface area contributed by atoms with Crippen molar-refractivity contribution in [1.82, 2.24) is 10.2 Å². The number of hydrogen-bond acceptors (Lipinski definition) is 5. The largest absolute Gasteiger partial charge is 0.492 e. The number of nitrogens with zero attached hydrogens (tertiary/aromatic N) is 1. The number of likely N-dealkylation sites (N-methyl/N-ethyl adjacent to an activating group) is 1. The van der Waals surface area contributed by atoms with Crippen molar-refractivity contribution in [2.75, 3.05) is 33.4 Å². The number of carbonyl (C=O) groups is 1. The van der Waals surface area contributed by atoms with Crippen molar-refractivity contribution in [1.29, 1.82) is 0 Å². The topological polar surface area (TPSA) is 50.8 Å². The Kier molecular flexibility index (Phi) is 8.09. The zero-order valence-corrected chi connectivity index (χ0v) is 18.5. The van der Waals surface area contributed by atoms with Crippen molar-refractivity contribution >= 4 is 17.2 Å². The molecule has 1 N–H and O–H groups in total.